The highest BCUT2D eigenvalue weighted by Crippen LogP contribution is 2.31. The minimum atomic E-state index is 0.460. The van der Waals surface area contributed by atoms with E-state index in [-0.39, 0.29) is 0 Å². The first-order valence-corrected chi connectivity index (χ1v) is 13.5. The Kier molecular flexibility index (Phi) is 7.89. The second-order valence-electron chi connectivity index (χ2n) is 10.5. The third kappa shape index (κ3) is 6.17. The molecule has 0 unspecified atom stereocenters. The monoisotopic (exact) mass is 475 g/mol. The largest absolute Gasteiger partial charge is 0.379 e. The molecular formula is C29H41N5O. The molecule has 1 aromatic heterocycles. The maximum atomic E-state index is 5.46. The number of nitrogens with zero attached hydrogens (tertiary/aromatic N) is 4. The fourth-order valence-corrected chi connectivity index (χ4v) is 5.59. The van der Waals surface area contributed by atoms with Crippen molar-refractivity contribution in [1.29, 1.82) is 0 Å². The number of hydrogen-bond acceptors (Lipinski definition) is 6. The summed E-state index contributed by atoms with van der Waals surface area (Å²) in [5.41, 5.74) is 4.86. The smallest absolute Gasteiger partial charge is 0.132 e. The summed E-state index contributed by atoms with van der Waals surface area (Å²) in [6.07, 6.45) is 11.7. The number of pyridine rings is 1. The molecule has 3 aliphatic heterocycles. The first kappa shape index (κ1) is 24.1. The summed E-state index contributed by atoms with van der Waals surface area (Å²) in [5.74, 6) is 1.78. The summed E-state index contributed by atoms with van der Waals surface area (Å²) in [7, 11) is 0. The van der Waals surface area contributed by atoms with E-state index in [0.29, 0.717) is 6.04 Å². The third-order valence-corrected chi connectivity index (χ3v) is 7.75. The van der Waals surface area contributed by atoms with Gasteiger partial charge in [0.1, 0.15) is 5.82 Å². The summed E-state index contributed by atoms with van der Waals surface area (Å²) >= 11 is 0. The van der Waals surface area contributed by atoms with Gasteiger partial charge in [-0.3, -0.25) is 4.90 Å². The zero-order valence-corrected chi connectivity index (χ0v) is 21.5. The Morgan fingerprint density at radius 1 is 1.06 bits per heavy atom. The number of anilines is 4. The molecule has 35 heavy (non-hydrogen) atoms. The Labute approximate surface area is 211 Å². The van der Waals surface area contributed by atoms with Crippen molar-refractivity contribution in [3.05, 3.63) is 48.2 Å². The molecule has 188 valence electrons. The number of hydrogen-bond donors (Lipinski definition) is 1. The van der Waals surface area contributed by atoms with Crippen molar-refractivity contribution >= 4 is 29.0 Å². The zero-order chi connectivity index (χ0) is 24.0. The first-order chi connectivity index (χ1) is 17.2. The van der Waals surface area contributed by atoms with Crippen LogP contribution in [0.15, 0.2) is 42.6 Å². The second kappa shape index (κ2) is 11.4. The fourth-order valence-electron chi connectivity index (χ4n) is 5.59. The molecule has 6 heteroatoms. The molecular weight excluding hydrogens is 434 g/mol. The van der Waals surface area contributed by atoms with E-state index in [1.54, 1.807) is 0 Å². The van der Waals surface area contributed by atoms with Crippen molar-refractivity contribution in [2.75, 3.05) is 67.6 Å². The van der Waals surface area contributed by atoms with E-state index in [1.165, 1.54) is 62.3 Å². The lowest BCUT2D eigenvalue weighted by Crippen LogP contribution is -2.37. The maximum absolute atomic E-state index is 5.46. The van der Waals surface area contributed by atoms with Crippen LogP contribution in [0.5, 0.6) is 0 Å². The van der Waals surface area contributed by atoms with Crippen LogP contribution < -0.4 is 15.1 Å². The highest BCUT2D eigenvalue weighted by atomic mass is 16.5. The highest BCUT2D eigenvalue weighted by molar-refractivity contribution is 5.74. The molecule has 0 aliphatic carbocycles. The standard InChI is InChI=1S/C29H41N5O/c1-23(2)34-14-4-6-25-22-30-29(21-28(25)34)31-26-7-9-27(10-8-26)33-15-11-24(12-16-33)5-3-13-32-17-19-35-20-18-32/h4,6-10,21-24H,3,5,11-20H2,1-2H3,(H,30,31). The Morgan fingerprint density at radius 2 is 1.83 bits per heavy atom. The van der Waals surface area contributed by atoms with Crippen molar-refractivity contribution in [1.82, 2.24) is 9.88 Å². The summed E-state index contributed by atoms with van der Waals surface area (Å²) in [4.78, 5) is 12.2. The van der Waals surface area contributed by atoms with Gasteiger partial charge in [0.25, 0.3) is 0 Å². The number of benzene rings is 1. The topological polar surface area (TPSA) is 43.9 Å². The van der Waals surface area contributed by atoms with Crippen LogP contribution in [0.25, 0.3) is 6.08 Å². The zero-order valence-electron chi connectivity index (χ0n) is 21.5. The predicted octanol–water partition coefficient (Wildman–Crippen LogP) is 5.40. The molecule has 1 N–H and O–H groups in total. The number of rotatable bonds is 8. The number of fused-ring (bicyclic) bond motifs is 1. The van der Waals surface area contributed by atoms with E-state index in [1.807, 2.05) is 6.20 Å². The number of nitrogens with one attached hydrogen (secondary N) is 1. The van der Waals surface area contributed by atoms with Crippen molar-refractivity contribution in [3.8, 4) is 0 Å². The van der Waals surface area contributed by atoms with Gasteiger partial charge in [-0.05, 0) is 76.3 Å². The molecule has 2 aromatic rings. The quantitative estimate of drug-likeness (QED) is 0.552. The van der Waals surface area contributed by atoms with Crippen LogP contribution in [0, 0.1) is 5.92 Å². The summed E-state index contributed by atoms with van der Waals surface area (Å²) < 4.78 is 5.46. The van der Waals surface area contributed by atoms with Gasteiger partial charge in [0.05, 0.1) is 13.2 Å². The molecule has 0 saturated carbocycles. The van der Waals surface area contributed by atoms with Crippen LogP contribution in [-0.2, 0) is 4.74 Å². The summed E-state index contributed by atoms with van der Waals surface area (Å²) in [5, 5.41) is 3.51. The molecule has 5 rings (SSSR count). The molecule has 2 saturated heterocycles. The summed E-state index contributed by atoms with van der Waals surface area (Å²) in [6.45, 7) is 13.0. The van der Waals surface area contributed by atoms with Crippen LogP contribution in [-0.4, -0.2) is 68.4 Å². The van der Waals surface area contributed by atoms with E-state index in [2.05, 4.69) is 81.3 Å². The van der Waals surface area contributed by atoms with Crippen LogP contribution in [0.2, 0.25) is 0 Å². The van der Waals surface area contributed by atoms with Gasteiger partial charge in [-0.2, -0.15) is 0 Å². The van der Waals surface area contributed by atoms with E-state index in [4.69, 9.17) is 4.74 Å². The number of ether oxygens (including phenoxy) is 1. The van der Waals surface area contributed by atoms with Crippen molar-refractivity contribution in [2.24, 2.45) is 5.92 Å². The van der Waals surface area contributed by atoms with Gasteiger partial charge in [0.15, 0.2) is 0 Å². The Balaban J connectivity index is 1.10. The average Bonchev–Trinajstić information content (AvgIpc) is 2.90. The van der Waals surface area contributed by atoms with Gasteiger partial charge < -0.3 is 19.9 Å². The summed E-state index contributed by atoms with van der Waals surface area (Å²) in [6, 6.07) is 11.5. The van der Waals surface area contributed by atoms with Crippen molar-refractivity contribution in [3.63, 3.8) is 0 Å². The van der Waals surface area contributed by atoms with Gasteiger partial charge >= 0.3 is 0 Å². The van der Waals surface area contributed by atoms with Gasteiger partial charge in [-0.15, -0.1) is 0 Å². The van der Waals surface area contributed by atoms with Gasteiger partial charge in [0, 0.05) is 73.7 Å². The SMILES string of the molecule is CC(C)N1CC=Cc2cnc(Nc3ccc(N4CCC(CCCN5CCOCC5)CC4)cc3)cc21. The molecule has 0 amide bonds. The number of piperidine rings is 1. The first-order valence-electron chi connectivity index (χ1n) is 13.5. The predicted molar refractivity (Wildman–Crippen MR) is 147 cm³/mol. The lowest BCUT2D eigenvalue weighted by molar-refractivity contribution is 0.0365. The van der Waals surface area contributed by atoms with Crippen LogP contribution >= 0.6 is 0 Å². The van der Waals surface area contributed by atoms with E-state index in [9.17, 15) is 0 Å². The molecule has 0 spiro atoms. The van der Waals surface area contributed by atoms with Crippen molar-refractivity contribution in [2.45, 2.75) is 45.6 Å². The molecule has 1 aromatic carbocycles. The molecule has 0 bridgehead atoms. The normalized spacial score (nSPS) is 19.3. The number of morpholine rings is 1. The number of aromatic nitrogens is 1. The van der Waals surface area contributed by atoms with Crippen LogP contribution in [0.4, 0.5) is 22.9 Å². The van der Waals surface area contributed by atoms with Crippen LogP contribution in [0.1, 0.15) is 45.1 Å². The molecule has 4 heterocycles. The Morgan fingerprint density at radius 3 is 2.57 bits per heavy atom. The second-order valence-corrected chi connectivity index (χ2v) is 10.5. The van der Waals surface area contributed by atoms with Crippen molar-refractivity contribution < 1.29 is 4.74 Å². The lowest BCUT2D eigenvalue weighted by atomic mass is 9.92. The van der Waals surface area contributed by atoms with Gasteiger partial charge in [-0.1, -0.05) is 12.2 Å². The third-order valence-electron chi connectivity index (χ3n) is 7.75. The minimum Gasteiger partial charge on any atom is -0.379 e. The van der Waals surface area contributed by atoms with Gasteiger partial charge in [-0.25, -0.2) is 4.98 Å². The molecule has 0 radical (unpaired) electrons. The average molecular weight is 476 g/mol. The molecule has 6 nitrogen and oxygen atoms in total. The van der Waals surface area contributed by atoms with E-state index >= 15 is 0 Å². The Bertz CT molecular complexity index is 975. The lowest BCUT2D eigenvalue weighted by Gasteiger charge is -2.34. The molecule has 0 atom stereocenters. The maximum Gasteiger partial charge on any atom is 0.132 e. The van der Waals surface area contributed by atoms with E-state index in [0.717, 1.165) is 50.3 Å². The van der Waals surface area contributed by atoms with E-state index < -0.39 is 0 Å². The fraction of sp³-hybridized carbons (Fsp3) is 0.552. The van der Waals surface area contributed by atoms with Crippen LogP contribution in [0.3, 0.4) is 0 Å². The Hall–Kier alpha value is -2.57. The molecule has 3 aliphatic rings. The highest BCUT2D eigenvalue weighted by Gasteiger charge is 2.20. The molecule has 2 fully saturated rings. The van der Waals surface area contributed by atoms with Gasteiger partial charge in [0.2, 0.25) is 0 Å². The minimum absolute atomic E-state index is 0.460.